The molecule has 0 aromatic carbocycles. The van der Waals surface area contributed by atoms with Gasteiger partial charge < -0.3 is 4.43 Å². The van der Waals surface area contributed by atoms with Gasteiger partial charge in [-0.05, 0) is 32.0 Å². The van der Waals surface area contributed by atoms with Crippen LogP contribution in [0.1, 0.15) is 41.0 Å². The Hall–Kier alpha value is 0.177. The fraction of sp³-hybridized carbons (Fsp3) is 1.00. The van der Waals surface area contributed by atoms with Gasteiger partial charge in [0.1, 0.15) is 0 Å². The standard InChI is InChI=1S/C10H24OSi/c1-6-9-12(7-2,8-3)11-10(4)5/h10H,6-9H2,1-5H3. The van der Waals surface area contributed by atoms with E-state index in [1.807, 2.05) is 0 Å². The maximum Gasteiger partial charge on any atom is 0.192 e. The second-order valence-corrected chi connectivity index (χ2v) is 8.32. The molecule has 0 atom stereocenters. The zero-order valence-electron chi connectivity index (χ0n) is 9.31. The van der Waals surface area contributed by atoms with Crippen LogP contribution in [0, 0.1) is 0 Å². The molecule has 0 aromatic heterocycles. The van der Waals surface area contributed by atoms with Crippen LogP contribution in [0.3, 0.4) is 0 Å². The van der Waals surface area contributed by atoms with E-state index in [0.29, 0.717) is 6.10 Å². The third-order valence-electron chi connectivity index (χ3n) is 2.48. The molecule has 0 unspecified atom stereocenters. The zero-order chi connectivity index (χ0) is 9.61. The Morgan fingerprint density at radius 3 is 1.83 bits per heavy atom. The highest BCUT2D eigenvalue weighted by molar-refractivity contribution is 6.73. The van der Waals surface area contributed by atoms with Crippen LogP contribution in [-0.2, 0) is 4.43 Å². The van der Waals surface area contributed by atoms with Crippen molar-refractivity contribution in [1.82, 2.24) is 0 Å². The van der Waals surface area contributed by atoms with E-state index in [-0.39, 0.29) is 0 Å². The first-order valence-corrected chi connectivity index (χ1v) is 7.81. The molecule has 0 bridgehead atoms. The van der Waals surface area contributed by atoms with E-state index in [1.54, 1.807) is 0 Å². The summed E-state index contributed by atoms with van der Waals surface area (Å²) in [6, 6.07) is 3.88. The summed E-state index contributed by atoms with van der Waals surface area (Å²) >= 11 is 0. The first-order chi connectivity index (χ1) is 5.60. The van der Waals surface area contributed by atoms with Crippen molar-refractivity contribution in [1.29, 1.82) is 0 Å². The lowest BCUT2D eigenvalue weighted by atomic mass is 10.5. The van der Waals surface area contributed by atoms with Gasteiger partial charge in [-0.25, -0.2) is 0 Å². The highest BCUT2D eigenvalue weighted by atomic mass is 28.4. The van der Waals surface area contributed by atoms with Gasteiger partial charge in [0.2, 0.25) is 0 Å². The quantitative estimate of drug-likeness (QED) is 0.576. The minimum Gasteiger partial charge on any atom is -0.415 e. The molecule has 0 amide bonds. The van der Waals surface area contributed by atoms with Crippen molar-refractivity contribution in [3.63, 3.8) is 0 Å². The summed E-state index contributed by atoms with van der Waals surface area (Å²) in [6.45, 7) is 11.1. The summed E-state index contributed by atoms with van der Waals surface area (Å²) in [5, 5.41) is 0. The second-order valence-electron chi connectivity index (χ2n) is 3.81. The summed E-state index contributed by atoms with van der Waals surface area (Å²) in [5.41, 5.74) is 0. The van der Waals surface area contributed by atoms with Gasteiger partial charge in [0.15, 0.2) is 8.32 Å². The van der Waals surface area contributed by atoms with E-state index in [4.69, 9.17) is 4.43 Å². The third-order valence-corrected chi connectivity index (χ3v) is 7.44. The van der Waals surface area contributed by atoms with E-state index < -0.39 is 8.32 Å². The first-order valence-electron chi connectivity index (χ1n) is 5.28. The van der Waals surface area contributed by atoms with Crippen molar-refractivity contribution < 1.29 is 4.43 Å². The Kier molecular flexibility index (Phi) is 5.84. The summed E-state index contributed by atoms with van der Waals surface area (Å²) < 4.78 is 6.12. The summed E-state index contributed by atoms with van der Waals surface area (Å²) in [4.78, 5) is 0. The third kappa shape index (κ3) is 3.72. The second kappa shape index (κ2) is 5.76. The van der Waals surface area contributed by atoms with Gasteiger partial charge in [0.25, 0.3) is 0 Å². The molecular formula is C10H24OSi. The average molecular weight is 188 g/mol. The Bertz CT molecular complexity index is 108. The SMILES string of the molecule is CCC[Si](CC)(CC)OC(C)C. The minimum atomic E-state index is -1.31. The van der Waals surface area contributed by atoms with Crippen LogP contribution < -0.4 is 0 Å². The molecule has 0 saturated heterocycles. The Morgan fingerprint density at radius 2 is 1.58 bits per heavy atom. The molecule has 12 heavy (non-hydrogen) atoms. The fourth-order valence-corrected chi connectivity index (χ4v) is 5.35. The molecule has 0 aliphatic rings. The largest absolute Gasteiger partial charge is 0.415 e. The van der Waals surface area contributed by atoms with Gasteiger partial charge in [-0.2, -0.15) is 0 Å². The van der Waals surface area contributed by atoms with Crippen molar-refractivity contribution in [3.8, 4) is 0 Å². The van der Waals surface area contributed by atoms with Crippen LogP contribution in [0.5, 0.6) is 0 Å². The maximum absolute atomic E-state index is 6.12. The minimum absolute atomic E-state index is 0.420. The Labute approximate surface area is 78.6 Å². The molecule has 0 aromatic rings. The van der Waals surface area contributed by atoms with Crippen molar-refractivity contribution in [2.75, 3.05) is 0 Å². The van der Waals surface area contributed by atoms with Crippen LogP contribution in [0.25, 0.3) is 0 Å². The molecule has 0 radical (unpaired) electrons. The van der Waals surface area contributed by atoms with Crippen LogP contribution in [0.15, 0.2) is 0 Å². The van der Waals surface area contributed by atoms with Gasteiger partial charge >= 0.3 is 0 Å². The number of rotatable bonds is 6. The van der Waals surface area contributed by atoms with Gasteiger partial charge in [-0.1, -0.05) is 27.2 Å². The predicted molar refractivity (Wildman–Crippen MR) is 58.0 cm³/mol. The summed E-state index contributed by atoms with van der Waals surface area (Å²) in [5.74, 6) is 0. The zero-order valence-corrected chi connectivity index (χ0v) is 10.3. The van der Waals surface area contributed by atoms with Gasteiger partial charge in [0.05, 0.1) is 0 Å². The molecule has 0 spiro atoms. The number of hydrogen-bond donors (Lipinski definition) is 0. The Morgan fingerprint density at radius 1 is 1.08 bits per heavy atom. The molecule has 74 valence electrons. The molecule has 2 heteroatoms. The predicted octanol–water partition coefficient (Wildman–Crippen LogP) is 3.81. The Balaban J connectivity index is 4.13. The summed E-state index contributed by atoms with van der Waals surface area (Å²) in [7, 11) is -1.31. The van der Waals surface area contributed by atoms with Crippen LogP contribution in [0.4, 0.5) is 0 Å². The van der Waals surface area contributed by atoms with E-state index in [2.05, 4.69) is 34.6 Å². The highest BCUT2D eigenvalue weighted by Crippen LogP contribution is 2.24. The monoisotopic (exact) mass is 188 g/mol. The molecule has 0 saturated carbocycles. The van der Waals surface area contributed by atoms with Crippen molar-refractivity contribution in [2.24, 2.45) is 0 Å². The van der Waals surface area contributed by atoms with Crippen molar-refractivity contribution >= 4 is 8.32 Å². The van der Waals surface area contributed by atoms with Gasteiger partial charge in [-0.3, -0.25) is 0 Å². The molecule has 0 heterocycles. The van der Waals surface area contributed by atoms with E-state index in [9.17, 15) is 0 Å². The lowest BCUT2D eigenvalue weighted by Gasteiger charge is -2.31. The van der Waals surface area contributed by atoms with Crippen molar-refractivity contribution in [2.45, 2.75) is 65.3 Å². The highest BCUT2D eigenvalue weighted by Gasteiger charge is 2.30. The van der Waals surface area contributed by atoms with Crippen LogP contribution in [-0.4, -0.2) is 14.4 Å². The molecule has 0 rings (SSSR count). The maximum atomic E-state index is 6.12. The molecular weight excluding hydrogens is 164 g/mol. The summed E-state index contributed by atoms with van der Waals surface area (Å²) in [6.07, 6.45) is 1.70. The first kappa shape index (κ1) is 12.2. The molecule has 0 aliphatic heterocycles. The smallest absolute Gasteiger partial charge is 0.192 e. The normalized spacial score (nSPS) is 12.5. The number of hydrogen-bond acceptors (Lipinski definition) is 1. The lowest BCUT2D eigenvalue weighted by Crippen LogP contribution is -2.38. The fourth-order valence-electron chi connectivity index (χ4n) is 1.78. The van der Waals surface area contributed by atoms with E-state index in [0.717, 1.165) is 0 Å². The van der Waals surface area contributed by atoms with Gasteiger partial charge in [-0.15, -0.1) is 0 Å². The van der Waals surface area contributed by atoms with Crippen molar-refractivity contribution in [3.05, 3.63) is 0 Å². The molecule has 1 nitrogen and oxygen atoms in total. The molecule has 0 fully saturated rings. The van der Waals surface area contributed by atoms with Crippen LogP contribution in [0.2, 0.25) is 18.1 Å². The lowest BCUT2D eigenvalue weighted by molar-refractivity contribution is 0.224. The topological polar surface area (TPSA) is 9.23 Å². The average Bonchev–Trinajstić information content (AvgIpc) is 2.03. The van der Waals surface area contributed by atoms with Crippen LogP contribution >= 0.6 is 0 Å². The molecule has 0 N–H and O–H groups in total. The molecule has 0 aliphatic carbocycles. The van der Waals surface area contributed by atoms with E-state index >= 15 is 0 Å². The van der Waals surface area contributed by atoms with Gasteiger partial charge in [0, 0.05) is 6.10 Å². The van der Waals surface area contributed by atoms with E-state index in [1.165, 1.54) is 24.6 Å².